The fourth-order valence-corrected chi connectivity index (χ4v) is 15.8. The second-order valence-electron chi connectivity index (χ2n) is 17.9. The molecule has 12 aromatic carbocycles. The fraction of sp³-hybridized carbons (Fsp3) is 0. The highest BCUT2D eigenvalue weighted by atomic mass is 28.3. The Labute approximate surface area is 396 Å². The van der Waals surface area contributed by atoms with Gasteiger partial charge in [-0.1, -0.05) is 243 Å². The first-order valence-electron chi connectivity index (χ1n) is 23.5. The van der Waals surface area contributed by atoms with Crippen molar-refractivity contribution in [1.29, 1.82) is 0 Å². The molecule has 1 heterocycles. The van der Waals surface area contributed by atoms with Crippen molar-refractivity contribution in [1.82, 2.24) is 0 Å². The molecule has 0 N–H and O–H groups in total. The fourth-order valence-electron chi connectivity index (χ4n) is 11.1. The summed E-state index contributed by atoms with van der Waals surface area (Å²) in [7, 11) is -2.70. The highest BCUT2D eigenvalue weighted by Gasteiger charge is 2.41. The lowest BCUT2D eigenvalue weighted by Gasteiger charge is -2.34. The monoisotopic (exact) mass is 880 g/mol. The van der Waals surface area contributed by atoms with E-state index >= 15 is 0 Å². The average molecular weight is 881 g/mol. The average Bonchev–Trinajstić information content (AvgIpc) is 3.80. The van der Waals surface area contributed by atoms with Crippen LogP contribution >= 0.6 is 0 Å². The van der Waals surface area contributed by atoms with Crippen LogP contribution in [0.3, 0.4) is 0 Å². The van der Waals surface area contributed by atoms with Crippen LogP contribution in [0.25, 0.3) is 98.8 Å². The minimum atomic E-state index is -2.70. The number of furan rings is 1. The first-order chi connectivity index (χ1) is 33.7. The van der Waals surface area contributed by atoms with Crippen molar-refractivity contribution in [2.75, 3.05) is 0 Å². The van der Waals surface area contributed by atoms with Gasteiger partial charge < -0.3 is 4.42 Å². The number of rotatable bonds is 8. The van der Waals surface area contributed by atoms with Gasteiger partial charge in [0, 0.05) is 21.9 Å². The van der Waals surface area contributed by atoms with E-state index in [9.17, 15) is 0 Å². The molecule has 1 aromatic heterocycles. The number of hydrogen-bond donors (Lipinski definition) is 0. The lowest BCUT2D eigenvalue weighted by Crippen LogP contribution is -2.74. The largest absolute Gasteiger partial charge is 0.455 e. The maximum atomic E-state index is 6.94. The van der Waals surface area contributed by atoms with Gasteiger partial charge in [0.2, 0.25) is 0 Å². The summed E-state index contributed by atoms with van der Waals surface area (Å²) >= 11 is 0. The first kappa shape index (κ1) is 39.8. The van der Waals surface area contributed by atoms with E-state index in [0.717, 1.165) is 38.6 Å². The standard InChI is InChI=1S/C66H44OSi/c1-4-20-52(21-5-1)68(53-22-6-2-7-23-53,54-24-8-3-9-25-54)55-40-38-47(39-41-55)51-43-61-56-26-16-17-31-63(56)67-66(61)62(44-51)65-59-29-14-12-27-57(59)64(58-28-13-15-30-60(58)65)48-35-32-46(33-36-48)50-37-34-45-18-10-11-19-49(45)42-50/h1-44H. The molecule has 0 fully saturated rings. The van der Waals surface area contributed by atoms with Crippen LogP contribution in [0.4, 0.5) is 0 Å². The Balaban J connectivity index is 1.00. The molecule has 0 saturated heterocycles. The molecule has 0 radical (unpaired) electrons. The molecular weight excluding hydrogens is 837 g/mol. The molecule has 1 nitrogen and oxygen atoms in total. The van der Waals surface area contributed by atoms with Gasteiger partial charge in [0.05, 0.1) is 0 Å². The predicted molar refractivity (Wildman–Crippen MR) is 292 cm³/mol. The van der Waals surface area contributed by atoms with Crippen LogP contribution in [0.2, 0.25) is 0 Å². The summed E-state index contributed by atoms with van der Waals surface area (Å²) in [5.41, 5.74) is 11.2. The van der Waals surface area contributed by atoms with Crippen LogP contribution in [-0.2, 0) is 0 Å². The lowest BCUT2D eigenvalue weighted by molar-refractivity contribution is 0.670. The van der Waals surface area contributed by atoms with Gasteiger partial charge in [0.15, 0.2) is 8.07 Å². The molecule has 0 aliphatic carbocycles. The Morgan fingerprint density at radius 2 is 0.676 bits per heavy atom. The van der Waals surface area contributed by atoms with Gasteiger partial charge in [-0.2, -0.15) is 0 Å². The van der Waals surface area contributed by atoms with Gasteiger partial charge in [-0.25, -0.2) is 0 Å². The topological polar surface area (TPSA) is 13.1 Å². The summed E-state index contributed by atoms with van der Waals surface area (Å²) in [4.78, 5) is 0. The van der Waals surface area contributed by atoms with Crippen LogP contribution in [-0.4, -0.2) is 8.07 Å². The van der Waals surface area contributed by atoms with Crippen molar-refractivity contribution >= 4 is 83.1 Å². The summed E-state index contributed by atoms with van der Waals surface area (Å²) in [5, 5.41) is 15.0. The molecule has 0 amide bonds. The Hall–Kier alpha value is -8.56. The van der Waals surface area contributed by atoms with Crippen LogP contribution in [0.1, 0.15) is 0 Å². The van der Waals surface area contributed by atoms with Gasteiger partial charge in [-0.3, -0.25) is 0 Å². The Bertz CT molecular complexity index is 3830. The van der Waals surface area contributed by atoms with Crippen LogP contribution in [0.15, 0.2) is 271 Å². The molecule has 0 spiro atoms. The van der Waals surface area contributed by atoms with Gasteiger partial charge in [-0.15, -0.1) is 0 Å². The van der Waals surface area contributed by atoms with E-state index in [-0.39, 0.29) is 0 Å². The molecular formula is C66H44OSi. The molecule has 318 valence electrons. The second-order valence-corrected chi connectivity index (χ2v) is 21.7. The zero-order valence-electron chi connectivity index (χ0n) is 37.3. The van der Waals surface area contributed by atoms with Crippen molar-refractivity contribution in [2.45, 2.75) is 0 Å². The molecule has 0 unspecified atom stereocenters. The number of hydrogen-bond acceptors (Lipinski definition) is 1. The highest BCUT2D eigenvalue weighted by Crippen LogP contribution is 2.48. The lowest BCUT2D eigenvalue weighted by atomic mass is 9.84. The summed E-state index contributed by atoms with van der Waals surface area (Å²) in [5.74, 6) is 0. The third-order valence-corrected chi connectivity index (χ3v) is 19.0. The SMILES string of the molecule is c1ccc([Si](c2ccccc2)(c2ccccc2)c2ccc(-c3cc(-c4c5ccccc5c(-c5ccc(-c6ccc7ccccc7c6)cc5)c5ccccc45)c4oc5ccccc5c4c3)cc2)cc1. The molecule has 0 atom stereocenters. The maximum absolute atomic E-state index is 6.94. The maximum Gasteiger partial charge on any atom is 0.179 e. The summed E-state index contributed by atoms with van der Waals surface area (Å²) in [6.07, 6.45) is 0. The molecule has 13 aromatic rings. The molecule has 68 heavy (non-hydrogen) atoms. The molecule has 0 bridgehead atoms. The molecule has 2 heteroatoms. The van der Waals surface area contributed by atoms with Crippen LogP contribution in [0, 0.1) is 0 Å². The number of para-hydroxylation sites is 1. The van der Waals surface area contributed by atoms with Gasteiger partial charge in [-0.05, 0) is 111 Å². The normalized spacial score (nSPS) is 11.8. The minimum Gasteiger partial charge on any atom is -0.455 e. The smallest absolute Gasteiger partial charge is 0.179 e. The molecule has 0 aliphatic heterocycles. The molecule has 13 rings (SSSR count). The zero-order valence-corrected chi connectivity index (χ0v) is 38.3. The van der Waals surface area contributed by atoms with Crippen molar-refractivity contribution in [3.63, 3.8) is 0 Å². The Morgan fingerprint density at radius 1 is 0.250 bits per heavy atom. The highest BCUT2D eigenvalue weighted by molar-refractivity contribution is 7.19. The first-order valence-corrected chi connectivity index (χ1v) is 25.5. The van der Waals surface area contributed by atoms with Crippen molar-refractivity contribution < 1.29 is 4.42 Å². The summed E-state index contributed by atoms with van der Waals surface area (Å²) < 4.78 is 6.94. The quantitative estimate of drug-likeness (QED) is 0.0842. The number of fused-ring (bicyclic) bond motifs is 6. The number of benzene rings is 12. The predicted octanol–water partition coefficient (Wildman–Crippen LogP) is 15.1. The second kappa shape index (κ2) is 16.4. The third-order valence-electron chi connectivity index (χ3n) is 14.2. The summed E-state index contributed by atoms with van der Waals surface area (Å²) in [6.45, 7) is 0. The van der Waals surface area contributed by atoms with E-state index in [4.69, 9.17) is 4.42 Å². The van der Waals surface area contributed by atoms with Gasteiger partial charge in [0.1, 0.15) is 11.2 Å². The van der Waals surface area contributed by atoms with E-state index < -0.39 is 8.07 Å². The van der Waals surface area contributed by atoms with Crippen LogP contribution < -0.4 is 20.7 Å². The van der Waals surface area contributed by atoms with E-state index in [1.54, 1.807) is 0 Å². The minimum absolute atomic E-state index is 0.886. The summed E-state index contributed by atoms with van der Waals surface area (Å²) in [6, 6.07) is 98.4. The van der Waals surface area contributed by atoms with Gasteiger partial charge in [0.25, 0.3) is 0 Å². The van der Waals surface area contributed by atoms with Crippen LogP contribution in [0.5, 0.6) is 0 Å². The zero-order chi connectivity index (χ0) is 45.0. The van der Waals surface area contributed by atoms with E-state index in [1.165, 1.54) is 80.9 Å². The Morgan fingerprint density at radius 3 is 1.26 bits per heavy atom. The van der Waals surface area contributed by atoms with Crippen molar-refractivity contribution in [3.8, 4) is 44.5 Å². The van der Waals surface area contributed by atoms with E-state index in [2.05, 4.69) is 267 Å². The third kappa shape index (κ3) is 6.45. The van der Waals surface area contributed by atoms with E-state index in [0.29, 0.717) is 0 Å². The molecule has 0 saturated carbocycles. The van der Waals surface area contributed by atoms with Crippen molar-refractivity contribution in [2.24, 2.45) is 0 Å². The van der Waals surface area contributed by atoms with E-state index in [1.807, 2.05) is 0 Å². The van der Waals surface area contributed by atoms with Crippen molar-refractivity contribution in [3.05, 3.63) is 267 Å². The molecule has 0 aliphatic rings. The van der Waals surface area contributed by atoms with Gasteiger partial charge >= 0.3 is 0 Å². The Kier molecular flexibility index (Phi) is 9.59.